The third-order valence-corrected chi connectivity index (χ3v) is 4.18. The molecule has 5 nitrogen and oxygen atoms in total. The molecule has 0 aliphatic heterocycles. The lowest BCUT2D eigenvalue weighted by Crippen LogP contribution is -2.40. The van der Waals surface area contributed by atoms with Crippen molar-refractivity contribution < 1.29 is 14.6 Å². The summed E-state index contributed by atoms with van der Waals surface area (Å²) in [5, 5.41) is 15.5. The Morgan fingerprint density at radius 3 is 2.68 bits per heavy atom. The Labute approximate surface area is 132 Å². The highest BCUT2D eigenvalue weighted by molar-refractivity contribution is 5.74. The van der Waals surface area contributed by atoms with Gasteiger partial charge in [0, 0.05) is 12.5 Å². The van der Waals surface area contributed by atoms with Crippen LogP contribution in [0.1, 0.15) is 44.7 Å². The zero-order valence-electron chi connectivity index (χ0n) is 13.3. The van der Waals surface area contributed by atoms with Crippen molar-refractivity contribution in [2.24, 2.45) is 5.92 Å². The topological polar surface area (TPSA) is 70.6 Å². The second-order valence-electron chi connectivity index (χ2n) is 5.84. The van der Waals surface area contributed by atoms with Crippen LogP contribution in [0, 0.1) is 5.92 Å². The summed E-state index contributed by atoms with van der Waals surface area (Å²) < 4.78 is 5.40. The minimum atomic E-state index is -0.274. The quantitative estimate of drug-likeness (QED) is 0.756. The van der Waals surface area contributed by atoms with E-state index in [4.69, 9.17) is 4.74 Å². The van der Waals surface area contributed by atoms with Gasteiger partial charge in [0.1, 0.15) is 5.75 Å². The van der Waals surface area contributed by atoms with Crippen molar-refractivity contribution >= 4 is 6.03 Å². The van der Waals surface area contributed by atoms with E-state index in [0.717, 1.165) is 30.6 Å². The fourth-order valence-corrected chi connectivity index (χ4v) is 2.83. The van der Waals surface area contributed by atoms with Gasteiger partial charge in [-0.3, -0.25) is 0 Å². The van der Waals surface area contributed by atoms with Gasteiger partial charge in [0.2, 0.25) is 0 Å². The minimum Gasteiger partial charge on any atom is -0.494 e. The predicted molar refractivity (Wildman–Crippen MR) is 85.9 cm³/mol. The molecule has 1 aromatic carbocycles. The summed E-state index contributed by atoms with van der Waals surface area (Å²) in [6.07, 6.45) is 2.59. The van der Waals surface area contributed by atoms with Crippen molar-refractivity contribution in [3.05, 3.63) is 29.8 Å². The van der Waals surface area contributed by atoms with Crippen molar-refractivity contribution in [1.29, 1.82) is 0 Å². The molecule has 0 spiro atoms. The second kappa shape index (κ2) is 8.03. The van der Waals surface area contributed by atoms with Crippen molar-refractivity contribution in [1.82, 2.24) is 10.6 Å². The van der Waals surface area contributed by atoms with Crippen LogP contribution in [0.4, 0.5) is 4.79 Å². The highest BCUT2D eigenvalue weighted by atomic mass is 16.5. The second-order valence-corrected chi connectivity index (χ2v) is 5.84. The van der Waals surface area contributed by atoms with E-state index >= 15 is 0 Å². The number of aliphatic hydroxyl groups excluding tert-OH is 1. The molecule has 1 saturated carbocycles. The van der Waals surface area contributed by atoms with E-state index in [1.165, 1.54) is 0 Å². The summed E-state index contributed by atoms with van der Waals surface area (Å²) >= 11 is 0. The number of aliphatic hydroxyl groups is 1. The third kappa shape index (κ3) is 4.63. The van der Waals surface area contributed by atoms with Gasteiger partial charge in [0.15, 0.2) is 0 Å². The SMILES string of the molecule is CCOc1ccc(C(C)NC(=O)NCC2CCCC2O)cc1. The summed E-state index contributed by atoms with van der Waals surface area (Å²) in [5.74, 6) is 1.02. The molecule has 0 bridgehead atoms. The van der Waals surface area contributed by atoms with Crippen LogP contribution in [0.25, 0.3) is 0 Å². The number of hydrogen-bond donors (Lipinski definition) is 3. The standard InChI is InChI=1S/C17H26N2O3/c1-3-22-15-9-7-13(8-10-15)12(2)19-17(21)18-11-14-5-4-6-16(14)20/h7-10,12,14,16,20H,3-6,11H2,1-2H3,(H2,18,19,21). The normalized spacial score (nSPS) is 22.1. The smallest absolute Gasteiger partial charge is 0.315 e. The number of nitrogens with one attached hydrogen (secondary N) is 2. The molecular formula is C17H26N2O3. The fraction of sp³-hybridized carbons (Fsp3) is 0.588. The highest BCUT2D eigenvalue weighted by Gasteiger charge is 2.25. The van der Waals surface area contributed by atoms with Crippen molar-refractivity contribution in [3.8, 4) is 5.75 Å². The Balaban J connectivity index is 1.77. The van der Waals surface area contributed by atoms with Crippen LogP contribution < -0.4 is 15.4 Å². The van der Waals surface area contributed by atoms with Crippen LogP contribution in [-0.2, 0) is 0 Å². The average molecular weight is 306 g/mol. The molecule has 2 rings (SSSR count). The lowest BCUT2D eigenvalue weighted by atomic mass is 10.1. The van der Waals surface area contributed by atoms with E-state index in [-0.39, 0.29) is 24.1 Å². The molecule has 3 N–H and O–H groups in total. The van der Waals surface area contributed by atoms with Gasteiger partial charge < -0.3 is 20.5 Å². The molecule has 0 radical (unpaired) electrons. The van der Waals surface area contributed by atoms with Gasteiger partial charge in [-0.1, -0.05) is 18.6 Å². The molecular weight excluding hydrogens is 280 g/mol. The number of hydrogen-bond acceptors (Lipinski definition) is 3. The van der Waals surface area contributed by atoms with E-state index in [9.17, 15) is 9.90 Å². The molecule has 1 aliphatic carbocycles. The van der Waals surface area contributed by atoms with Gasteiger partial charge >= 0.3 is 6.03 Å². The zero-order valence-corrected chi connectivity index (χ0v) is 13.3. The third-order valence-electron chi connectivity index (χ3n) is 4.18. The molecule has 122 valence electrons. The predicted octanol–water partition coefficient (Wildman–Crippen LogP) is 2.61. The number of carbonyl (C=O) groups is 1. The molecule has 3 atom stereocenters. The van der Waals surface area contributed by atoms with Crippen LogP contribution >= 0.6 is 0 Å². The lowest BCUT2D eigenvalue weighted by molar-refractivity contribution is 0.132. The number of ether oxygens (including phenoxy) is 1. The maximum Gasteiger partial charge on any atom is 0.315 e. The summed E-state index contributed by atoms with van der Waals surface area (Å²) in [4.78, 5) is 11.9. The van der Waals surface area contributed by atoms with Gasteiger partial charge in [-0.15, -0.1) is 0 Å². The Morgan fingerprint density at radius 2 is 2.09 bits per heavy atom. The Bertz CT molecular complexity index is 475. The first-order valence-electron chi connectivity index (χ1n) is 8.05. The Hall–Kier alpha value is -1.75. The maximum absolute atomic E-state index is 11.9. The molecule has 1 aliphatic rings. The number of carbonyl (C=O) groups excluding carboxylic acids is 1. The first-order chi connectivity index (χ1) is 10.6. The first kappa shape index (κ1) is 16.6. The largest absolute Gasteiger partial charge is 0.494 e. The maximum atomic E-state index is 11.9. The molecule has 2 amide bonds. The van der Waals surface area contributed by atoms with Crippen LogP contribution in [0.2, 0.25) is 0 Å². The van der Waals surface area contributed by atoms with Crippen molar-refractivity contribution in [2.75, 3.05) is 13.2 Å². The van der Waals surface area contributed by atoms with E-state index in [0.29, 0.717) is 13.2 Å². The van der Waals surface area contributed by atoms with Crippen molar-refractivity contribution in [2.45, 2.75) is 45.3 Å². The fourth-order valence-electron chi connectivity index (χ4n) is 2.83. The average Bonchev–Trinajstić information content (AvgIpc) is 2.91. The number of urea groups is 1. The van der Waals surface area contributed by atoms with Crippen LogP contribution in [0.15, 0.2) is 24.3 Å². The molecule has 0 heterocycles. The van der Waals surface area contributed by atoms with E-state index in [2.05, 4.69) is 10.6 Å². The monoisotopic (exact) mass is 306 g/mol. The summed E-state index contributed by atoms with van der Waals surface area (Å²) in [7, 11) is 0. The Kier molecular flexibility index (Phi) is 6.07. The molecule has 0 saturated heterocycles. The van der Waals surface area contributed by atoms with Gasteiger partial charge in [-0.05, 0) is 44.4 Å². The summed E-state index contributed by atoms with van der Waals surface area (Å²) in [5.41, 5.74) is 1.03. The summed E-state index contributed by atoms with van der Waals surface area (Å²) in [6, 6.07) is 7.45. The summed E-state index contributed by atoms with van der Waals surface area (Å²) in [6.45, 7) is 5.06. The number of amides is 2. The van der Waals surface area contributed by atoms with Gasteiger partial charge in [-0.25, -0.2) is 4.79 Å². The number of rotatable bonds is 6. The molecule has 5 heteroatoms. The first-order valence-corrected chi connectivity index (χ1v) is 8.05. The van der Waals surface area contributed by atoms with Crippen LogP contribution in [-0.4, -0.2) is 30.4 Å². The molecule has 3 unspecified atom stereocenters. The molecule has 22 heavy (non-hydrogen) atoms. The number of benzene rings is 1. The highest BCUT2D eigenvalue weighted by Crippen LogP contribution is 2.24. The van der Waals surface area contributed by atoms with E-state index in [1.807, 2.05) is 38.1 Å². The Morgan fingerprint density at radius 1 is 1.36 bits per heavy atom. The van der Waals surface area contributed by atoms with Crippen LogP contribution in [0.5, 0.6) is 5.75 Å². The molecule has 1 fully saturated rings. The van der Waals surface area contributed by atoms with E-state index in [1.54, 1.807) is 0 Å². The van der Waals surface area contributed by atoms with E-state index < -0.39 is 0 Å². The minimum absolute atomic E-state index is 0.0795. The lowest BCUT2D eigenvalue weighted by Gasteiger charge is -2.18. The molecule has 0 aromatic heterocycles. The van der Waals surface area contributed by atoms with Gasteiger partial charge in [-0.2, -0.15) is 0 Å². The molecule has 1 aromatic rings. The van der Waals surface area contributed by atoms with Gasteiger partial charge in [0.25, 0.3) is 0 Å². The zero-order chi connectivity index (χ0) is 15.9. The van der Waals surface area contributed by atoms with Gasteiger partial charge in [0.05, 0.1) is 18.8 Å². The van der Waals surface area contributed by atoms with Crippen molar-refractivity contribution in [3.63, 3.8) is 0 Å². The van der Waals surface area contributed by atoms with Crippen LogP contribution in [0.3, 0.4) is 0 Å².